The van der Waals surface area contributed by atoms with Crippen LogP contribution in [0.1, 0.15) is 95.9 Å². The highest BCUT2D eigenvalue weighted by atomic mass is 32.2. The molecule has 25 heteroatoms. The fraction of sp³-hybridized carbons (Fsp3) is 0.636. The number of nitro benzene ring substituents is 2. The Labute approximate surface area is 403 Å². The maximum Gasteiger partial charge on any atom is 0.325 e. The number of hydrogen-bond acceptors (Lipinski definition) is 19. The zero-order chi connectivity index (χ0) is 52.8. The van der Waals surface area contributed by atoms with E-state index in [0.29, 0.717) is 8.61 Å². The molecule has 0 spiro atoms. The summed E-state index contributed by atoms with van der Waals surface area (Å²) >= 11 is 0. The Morgan fingerprint density at radius 3 is 1.04 bits per heavy atom. The van der Waals surface area contributed by atoms with Crippen LogP contribution >= 0.6 is 0 Å². The summed E-state index contributed by atoms with van der Waals surface area (Å²) in [4.78, 5) is 73.9. The first-order chi connectivity index (χ1) is 31.6. The van der Waals surface area contributed by atoms with E-state index in [1.807, 2.05) is 0 Å². The van der Waals surface area contributed by atoms with Gasteiger partial charge in [-0.25, -0.2) is 16.8 Å². The lowest BCUT2D eigenvalue weighted by molar-refractivity contribution is -0.388. The topological polar surface area (TPSA) is 294 Å². The number of nitro groups is 2. The van der Waals surface area contributed by atoms with Crippen molar-refractivity contribution in [3.8, 4) is 0 Å². The van der Waals surface area contributed by atoms with E-state index in [1.165, 1.54) is 65.8 Å². The number of benzene rings is 2. The van der Waals surface area contributed by atoms with Crippen molar-refractivity contribution in [3.05, 3.63) is 68.8 Å². The quantitative estimate of drug-likeness (QED) is 0.0388. The van der Waals surface area contributed by atoms with Crippen LogP contribution in [-0.4, -0.2) is 146 Å². The van der Waals surface area contributed by atoms with E-state index in [0.717, 1.165) is 24.3 Å². The Hall–Kier alpha value is -5.18. The third-order valence-electron chi connectivity index (χ3n) is 8.57. The molecule has 0 unspecified atom stereocenters. The van der Waals surface area contributed by atoms with Gasteiger partial charge in [0.15, 0.2) is 9.79 Å². The number of carbonyl (C=O) groups excluding carboxylic acids is 4. The van der Waals surface area contributed by atoms with Crippen molar-refractivity contribution in [2.75, 3.05) is 52.7 Å². The van der Waals surface area contributed by atoms with Crippen molar-refractivity contribution < 1.29 is 79.0 Å². The van der Waals surface area contributed by atoms with Crippen molar-refractivity contribution >= 4 is 55.3 Å². The first-order valence-corrected chi connectivity index (χ1v) is 24.6. The van der Waals surface area contributed by atoms with Gasteiger partial charge in [0.1, 0.15) is 34.5 Å². The Morgan fingerprint density at radius 1 is 0.493 bits per heavy atom. The molecule has 0 radical (unpaired) electrons. The SMILES string of the molecule is CC(C)(C)OC(=O)C[C@@H](C(=O)OC(C)(C)C)N(CCOCCOCCOCCN([C@@H](CC(=O)OC(C)(C)C)C(=O)OC(C)(C)C)S(=O)(=O)c1ccccc1[N+](=O)[O-])S(=O)(=O)c1ccccc1[N+](=O)[O-]. The van der Waals surface area contributed by atoms with Gasteiger partial charge in [0.05, 0.1) is 62.3 Å². The average Bonchev–Trinajstić information content (AvgIpc) is 3.18. The molecule has 0 saturated carbocycles. The van der Waals surface area contributed by atoms with E-state index in [2.05, 4.69) is 0 Å². The van der Waals surface area contributed by atoms with Crippen molar-refractivity contribution in [2.45, 2.75) is 140 Å². The van der Waals surface area contributed by atoms with Crippen LogP contribution in [0, 0.1) is 20.2 Å². The van der Waals surface area contributed by atoms with Gasteiger partial charge in [-0.15, -0.1) is 0 Å². The molecule has 0 aliphatic heterocycles. The summed E-state index contributed by atoms with van der Waals surface area (Å²) < 4.78 is 96.6. The van der Waals surface area contributed by atoms with E-state index in [1.54, 1.807) is 41.5 Å². The first kappa shape index (κ1) is 59.9. The van der Waals surface area contributed by atoms with E-state index in [4.69, 9.17) is 33.2 Å². The summed E-state index contributed by atoms with van der Waals surface area (Å²) in [5.41, 5.74) is -5.87. The van der Waals surface area contributed by atoms with Gasteiger partial charge in [-0.1, -0.05) is 24.3 Å². The molecule has 2 aromatic carbocycles. The van der Waals surface area contributed by atoms with E-state index in [9.17, 15) is 56.2 Å². The zero-order valence-electron chi connectivity index (χ0n) is 41.2. The van der Waals surface area contributed by atoms with Crippen molar-refractivity contribution in [1.82, 2.24) is 8.61 Å². The largest absolute Gasteiger partial charge is 0.460 e. The third kappa shape index (κ3) is 20.4. The Kier molecular flexibility index (Phi) is 21.8. The molecule has 0 aliphatic carbocycles. The highest BCUT2D eigenvalue weighted by molar-refractivity contribution is 7.89. The van der Waals surface area contributed by atoms with Crippen LogP contribution in [0.4, 0.5) is 11.4 Å². The lowest BCUT2D eigenvalue weighted by Gasteiger charge is -2.32. The van der Waals surface area contributed by atoms with Gasteiger partial charge in [0, 0.05) is 25.2 Å². The molecule has 0 bridgehead atoms. The molecule has 2 aromatic rings. The molecule has 0 amide bonds. The number of rotatable bonds is 26. The minimum atomic E-state index is -4.91. The Balaban J connectivity index is 2.26. The lowest BCUT2D eigenvalue weighted by Crippen LogP contribution is -2.50. The fourth-order valence-corrected chi connectivity index (χ4v) is 9.51. The second-order valence-electron chi connectivity index (χ2n) is 19.2. The molecule has 0 saturated heterocycles. The predicted octanol–water partition coefficient (Wildman–Crippen LogP) is 5.12. The van der Waals surface area contributed by atoms with Crippen molar-refractivity contribution in [2.24, 2.45) is 0 Å². The van der Waals surface area contributed by atoms with Crippen LogP contribution in [-0.2, 0) is 72.4 Å². The predicted molar refractivity (Wildman–Crippen MR) is 247 cm³/mol. The summed E-state index contributed by atoms with van der Waals surface area (Å²) in [5, 5.41) is 23.8. The van der Waals surface area contributed by atoms with Crippen molar-refractivity contribution in [1.29, 1.82) is 0 Å². The summed E-state index contributed by atoms with van der Waals surface area (Å²) in [7, 11) is -9.82. The highest BCUT2D eigenvalue weighted by Crippen LogP contribution is 2.31. The van der Waals surface area contributed by atoms with Gasteiger partial charge in [-0.05, 0) is 95.2 Å². The van der Waals surface area contributed by atoms with E-state index < -0.39 is 149 Å². The van der Waals surface area contributed by atoms with Crippen LogP contribution in [0.15, 0.2) is 58.3 Å². The number of hydrogen-bond donors (Lipinski definition) is 0. The van der Waals surface area contributed by atoms with Crippen molar-refractivity contribution in [3.63, 3.8) is 0 Å². The number of esters is 4. The lowest BCUT2D eigenvalue weighted by atomic mass is 10.1. The van der Waals surface area contributed by atoms with Crippen LogP contribution in [0.25, 0.3) is 0 Å². The monoisotopic (exact) mass is 1020 g/mol. The number of sulfonamides is 2. The molecule has 0 heterocycles. The molecular weight excluding hydrogens is 953 g/mol. The fourth-order valence-electron chi connectivity index (χ4n) is 6.07. The van der Waals surface area contributed by atoms with Gasteiger partial charge in [-0.3, -0.25) is 39.4 Å². The standard InChI is InChI=1S/C44H66N4O19S2/c1-41(2,3)64-37(49)29-33(39(51)66-43(7,8)9)45(68(57,58)35-19-15-13-17-31(35)47(53)54)21-23-61-25-27-63-28-26-62-24-22-46(69(59,60)36-20-16-14-18-32(36)48(55)56)34(40(52)67-44(10,11)12)30-38(50)65-42(4,5)6/h13-20,33-34H,21-30H2,1-12H3/t33-,34-/m0/s1. The summed E-state index contributed by atoms with van der Waals surface area (Å²) in [6.07, 6.45) is -1.62. The van der Waals surface area contributed by atoms with Crippen LogP contribution in [0.3, 0.4) is 0 Å². The Bertz CT molecular complexity index is 2170. The van der Waals surface area contributed by atoms with Gasteiger partial charge in [0.25, 0.3) is 31.4 Å². The number of carbonyl (C=O) groups is 4. The maximum absolute atomic E-state index is 14.2. The minimum absolute atomic E-state index is 0.109. The zero-order valence-corrected chi connectivity index (χ0v) is 42.8. The minimum Gasteiger partial charge on any atom is -0.460 e. The molecule has 0 fully saturated rings. The molecule has 23 nitrogen and oxygen atoms in total. The van der Waals surface area contributed by atoms with E-state index >= 15 is 0 Å². The van der Waals surface area contributed by atoms with Gasteiger partial charge < -0.3 is 33.2 Å². The Morgan fingerprint density at radius 2 is 0.768 bits per heavy atom. The smallest absolute Gasteiger partial charge is 0.325 e. The second-order valence-corrected chi connectivity index (χ2v) is 22.9. The molecular formula is C44H66N4O19S2. The average molecular weight is 1020 g/mol. The third-order valence-corrected chi connectivity index (χ3v) is 12.5. The molecule has 0 aromatic heterocycles. The number of ether oxygens (including phenoxy) is 7. The van der Waals surface area contributed by atoms with Gasteiger partial charge in [0.2, 0.25) is 0 Å². The van der Waals surface area contributed by atoms with E-state index in [-0.39, 0.29) is 26.4 Å². The molecule has 0 N–H and O–H groups in total. The van der Waals surface area contributed by atoms with Crippen LogP contribution in [0.2, 0.25) is 0 Å². The molecule has 388 valence electrons. The number of para-hydroxylation sites is 2. The maximum atomic E-state index is 14.2. The molecule has 69 heavy (non-hydrogen) atoms. The summed E-state index contributed by atoms with van der Waals surface area (Å²) in [6, 6.07) is 5.30. The van der Waals surface area contributed by atoms with Crippen LogP contribution in [0.5, 0.6) is 0 Å². The number of nitrogens with zero attached hydrogens (tertiary/aromatic N) is 4. The second kappa shape index (κ2) is 25.1. The summed E-state index contributed by atoms with van der Waals surface area (Å²) in [5.74, 6) is -4.14. The molecule has 2 atom stereocenters. The van der Waals surface area contributed by atoms with Gasteiger partial charge in [-0.2, -0.15) is 8.61 Å². The normalized spacial score (nSPS) is 13.7. The molecule has 2 rings (SSSR count). The molecule has 0 aliphatic rings. The van der Waals surface area contributed by atoms with Gasteiger partial charge >= 0.3 is 23.9 Å². The first-order valence-electron chi connectivity index (χ1n) is 21.7. The van der Waals surface area contributed by atoms with Crippen LogP contribution < -0.4 is 0 Å². The highest BCUT2D eigenvalue weighted by Gasteiger charge is 2.44. The summed E-state index contributed by atoms with van der Waals surface area (Å²) in [6.45, 7) is 16.1.